The number of aromatic nitrogens is 3. The molecule has 0 radical (unpaired) electrons. The van der Waals surface area contributed by atoms with Crippen LogP contribution in [0.25, 0.3) is 11.4 Å². The normalized spacial score (nSPS) is 10.6. The number of carbonyl (C=O) groups is 1. The number of hydrogen-bond acceptors (Lipinski definition) is 4. The van der Waals surface area contributed by atoms with Crippen LogP contribution >= 0.6 is 0 Å². The standard InChI is InChI=1S/C18H16FN3O2/c1-2-12-24-18-20-16(14-10-6-7-11-15(14)19)22(21-18)17(23)13-8-4-3-5-9-13/h3-11H,2,12H2,1H3. The van der Waals surface area contributed by atoms with Gasteiger partial charge in [0.05, 0.1) is 12.2 Å². The van der Waals surface area contributed by atoms with E-state index in [1.54, 1.807) is 42.5 Å². The number of halogens is 1. The molecule has 0 aliphatic heterocycles. The molecule has 0 N–H and O–H groups in total. The number of ether oxygens (including phenoxy) is 1. The van der Waals surface area contributed by atoms with E-state index in [1.165, 1.54) is 6.07 Å². The maximum absolute atomic E-state index is 14.1. The number of rotatable bonds is 5. The first-order chi connectivity index (χ1) is 11.7. The van der Waals surface area contributed by atoms with Crippen LogP contribution in [0.15, 0.2) is 54.6 Å². The van der Waals surface area contributed by atoms with Gasteiger partial charge in [0.2, 0.25) is 0 Å². The molecule has 3 rings (SSSR count). The molecule has 0 aliphatic rings. The van der Waals surface area contributed by atoms with Crippen molar-refractivity contribution in [3.8, 4) is 17.4 Å². The van der Waals surface area contributed by atoms with E-state index in [9.17, 15) is 9.18 Å². The molecule has 0 fully saturated rings. The van der Waals surface area contributed by atoms with Gasteiger partial charge in [0.25, 0.3) is 5.91 Å². The van der Waals surface area contributed by atoms with E-state index in [-0.39, 0.29) is 17.4 Å². The maximum Gasteiger partial charge on any atom is 0.336 e. The van der Waals surface area contributed by atoms with Crippen LogP contribution in [0, 0.1) is 5.82 Å². The van der Waals surface area contributed by atoms with Gasteiger partial charge in [-0.2, -0.15) is 9.67 Å². The Bertz CT molecular complexity index is 846. The second-order valence-electron chi connectivity index (χ2n) is 5.13. The number of nitrogens with zero attached hydrogens (tertiary/aromatic N) is 3. The molecule has 2 aromatic carbocycles. The van der Waals surface area contributed by atoms with Gasteiger partial charge in [0.15, 0.2) is 5.82 Å². The Morgan fingerprint density at radius 3 is 2.54 bits per heavy atom. The van der Waals surface area contributed by atoms with Crippen LogP contribution in [0.4, 0.5) is 4.39 Å². The van der Waals surface area contributed by atoms with E-state index in [0.717, 1.165) is 11.1 Å². The molecule has 0 saturated carbocycles. The van der Waals surface area contributed by atoms with Gasteiger partial charge in [-0.05, 0) is 30.7 Å². The van der Waals surface area contributed by atoms with Crippen LogP contribution < -0.4 is 4.74 Å². The van der Waals surface area contributed by atoms with Gasteiger partial charge in [-0.15, -0.1) is 5.10 Å². The third-order valence-corrected chi connectivity index (χ3v) is 3.35. The zero-order valence-electron chi connectivity index (χ0n) is 13.1. The van der Waals surface area contributed by atoms with Gasteiger partial charge < -0.3 is 4.74 Å². The maximum atomic E-state index is 14.1. The summed E-state index contributed by atoms with van der Waals surface area (Å²) in [6, 6.07) is 14.8. The predicted molar refractivity (Wildman–Crippen MR) is 87.4 cm³/mol. The van der Waals surface area contributed by atoms with Crippen molar-refractivity contribution in [3.63, 3.8) is 0 Å². The van der Waals surface area contributed by atoms with E-state index in [4.69, 9.17) is 4.74 Å². The molecule has 5 nitrogen and oxygen atoms in total. The van der Waals surface area contributed by atoms with Crippen LogP contribution in [-0.4, -0.2) is 27.3 Å². The Balaban J connectivity index is 2.08. The minimum atomic E-state index is -0.478. The van der Waals surface area contributed by atoms with Crippen LogP contribution in [0.1, 0.15) is 23.7 Å². The molecule has 122 valence electrons. The smallest absolute Gasteiger partial charge is 0.336 e. The Kier molecular flexibility index (Phi) is 4.65. The Labute approximate surface area is 138 Å². The van der Waals surface area contributed by atoms with Crippen molar-refractivity contribution < 1.29 is 13.9 Å². The highest BCUT2D eigenvalue weighted by Crippen LogP contribution is 2.23. The largest absolute Gasteiger partial charge is 0.462 e. The van der Waals surface area contributed by atoms with E-state index in [2.05, 4.69) is 10.1 Å². The lowest BCUT2D eigenvalue weighted by Gasteiger charge is -2.05. The van der Waals surface area contributed by atoms with Gasteiger partial charge in [0.1, 0.15) is 5.82 Å². The summed E-state index contributed by atoms with van der Waals surface area (Å²) in [4.78, 5) is 16.9. The first kappa shape index (κ1) is 15.9. The van der Waals surface area contributed by atoms with E-state index < -0.39 is 11.7 Å². The van der Waals surface area contributed by atoms with Crippen molar-refractivity contribution in [2.45, 2.75) is 13.3 Å². The summed E-state index contributed by atoms with van der Waals surface area (Å²) in [5.74, 6) is -0.755. The van der Waals surface area contributed by atoms with Crippen molar-refractivity contribution in [2.24, 2.45) is 0 Å². The Morgan fingerprint density at radius 2 is 1.83 bits per heavy atom. The lowest BCUT2D eigenvalue weighted by atomic mass is 10.2. The first-order valence-electron chi connectivity index (χ1n) is 7.65. The molecular formula is C18H16FN3O2. The summed E-state index contributed by atoms with van der Waals surface area (Å²) >= 11 is 0. The third kappa shape index (κ3) is 3.17. The first-order valence-corrected chi connectivity index (χ1v) is 7.65. The summed E-state index contributed by atoms with van der Waals surface area (Å²) < 4.78 is 20.6. The molecule has 0 amide bonds. The fraction of sp³-hybridized carbons (Fsp3) is 0.167. The number of carbonyl (C=O) groups excluding carboxylic acids is 1. The lowest BCUT2D eigenvalue weighted by Crippen LogP contribution is -2.15. The highest BCUT2D eigenvalue weighted by Gasteiger charge is 2.21. The van der Waals surface area contributed by atoms with Crippen molar-refractivity contribution >= 4 is 5.91 Å². The summed E-state index contributed by atoms with van der Waals surface area (Å²) in [6.07, 6.45) is 0.774. The van der Waals surface area contributed by atoms with Crippen molar-refractivity contribution in [1.82, 2.24) is 14.8 Å². The minimum absolute atomic E-state index is 0.0550. The zero-order chi connectivity index (χ0) is 16.9. The highest BCUT2D eigenvalue weighted by atomic mass is 19.1. The third-order valence-electron chi connectivity index (χ3n) is 3.35. The lowest BCUT2D eigenvalue weighted by molar-refractivity contribution is 0.0944. The van der Waals surface area contributed by atoms with Gasteiger partial charge in [0, 0.05) is 5.56 Å². The topological polar surface area (TPSA) is 57.0 Å². The molecule has 0 saturated heterocycles. The summed E-state index contributed by atoms with van der Waals surface area (Å²) in [5, 5.41) is 4.11. The molecule has 1 heterocycles. The molecule has 0 atom stereocenters. The molecule has 0 aliphatic carbocycles. The van der Waals surface area contributed by atoms with E-state index in [0.29, 0.717) is 12.2 Å². The highest BCUT2D eigenvalue weighted by molar-refractivity contribution is 5.97. The van der Waals surface area contributed by atoms with E-state index in [1.807, 2.05) is 13.0 Å². The molecule has 6 heteroatoms. The van der Waals surface area contributed by atoms with Crippen LogP contribution in [0.2, 0.25) is 0 Å². The predicted octanol–water partition coefficient (Wildman–Crippen LogP) is 3.56. The summed E-state index contributed by atoms with van der Waals surface area (Å²) in [5.41, 5.74) is 0.627. The van der Waals surface area contributed by atoms with Crippen molar-refractivity contribution in [1.29, 1.82) is 0 Å². The molecule has 0 bridgehead atoms. The molecule has 24 heavy (non-hydrogen) atoms. The Morgan fingerprint density at radius 1 is 1.12 bits per heavy atom. The average Bonchev–Trinajstić information content (AvgIpc) is 3.04. The van der Waals surface area contributed by atoms with E-state index >= 15 is 0 Å². The van der Waals surface area contributed by atoms with Crippen LogP contribution in [0.5, 0.6) is 6.01 Å². The second-order valence-corrected chi connectivity index (χ2v) is 5.13. The summed E-state index contributed by atoms with van der Waals surface area (Å²) in [7, 11) is 0. The monoisotopic (exact) mass is 325 g/mol. The molecule has 1 aromatic heterocycles. The zero-order valence-corrected chi connectivity index (χ0v) is 13.1. The van der Waals surface area contributed by atoms with Crippen LogP contribution in [-0.2, 0) is 0 Å². The minimum Gasteiger partial charge on any atom is -0.462 e. The Hall–Kier alpha value is -3.02. The van der Waals surface area contributed by atoms with Gasteiger partial charge >= 0.3 is 6.01 Å². The number of hydrogen-bond donors (Lipinski definition) is 0. The number of benzene rings is 2. The molecule has 0 spiro atoms. The van der Waals surface area contributed by atoms with Crippen molar-refractivity contribution in [2.75, 3.05) is 6.61 Å². The SMILES string of the molecule is CCCOc1nc(-c2ccccc2F)n(C(=O)c2ccccc2)n1. The quantitative estimate of drug-likeness (QED) is 0.720. The molecular weight excluding hydrogens is 309 g/mol. The fourth-order valence-corrected chi connectivity index (χ4v) is 2.21. The molecule has 0 unspecified atom stereocenters. The second kappa shape index (κ2) is 7.04. The van der Waals surface area contributed by atoms with Gasteiger partial charge in [-0.1, -0.05) is 37.3 Å². The molecule has 3 aromatic rings. The van der Waals surface area contributed by atoms with Gasteiger partial charge in [-0.25, -0.2) is 4.39 Å². The van der Waals surface area contributed by atoms with Gasteiger partial charge in [-0.3, -0.25) is 4.79 Å². The van der Waals surface area contributed by atoms with Crippen molar-refractivity contribution in [3.05, 3.63) is 66.0 Å². The van der Waals surface area contributed by atoms with Crippen LogP contribution in [0.3, 0.4) is 0 Å². The summed E-state index contributed by atoms with van der Waals surface area (Å²) in [6.45, 7) is 2.37. The fourth-order valence-electron chi connectivity index (χ4n) is 2.21. The average molecular weight is 325 g/mol.